The summed E-state index contributed by atoms with van der Waals surface area (Å²) in [7, 11) is 0. The minimum absolute atomic E-state index is 0.158. The molecule has 0 fully saturated rings. The molecule has 4 heteroatoms. The summed E-state index contributed by atoms with van der Waals surface area (Å²) in [5.41, 5.74) is -0.514. The lowest BCUT2D eigenvalue weighted by Gasteiger charge is -2.22. The minimum atomic E-state index is -0.514. The summed E-state index contributed by atoms with van der Waals surface area (Å²) in [6.07, 6.45) is 24.8. The average molecular weight is 497 g/mol. The number of unbranched alkanes of at least 4 members (excludes halogenated alkanes) is 17. The molecule has 1 unspecified atom stereocenters. The predicted octanol–water partition coefficient (Wildman–Crippen LogP) is 9.86. The van der Waals surface area contributed by atoms with Crippen molar-refractivity contribution in [1.29, 1.82) is 0 Å². The van der Waals surface area contributed by atoms with Gasteiger partial charge < -0.3 is 9.47 Å². The molecule has 0 aliphatic rings. The molecule has 0 saturated carbocycles. The van der Waals surface area contributed by atoms with Gasteiger partial charge in [-0.3, -0.25) is 9.59 Å². The van der Waals surface area contributed by atoms with Crippen molar-refractivity contribution in [3.05, 3.63) is 0 Å². The van der Waals surface area contributed by atoms with Crippen molar-refractivity contribution in [1.82, 2.24) is 0 Å². The second kappa shape index (κ2) is 23.3. The second-order valence-electron chi connectivity index (χ2n) is 11.5. The summed E-state index contributed by atoms with van der Waals surface area (Å²) in [4.78, 5) is 24.8. The first-order chi connectivity index (χ1) is 16.8. The highest BCUT2D eigenvalue weighted by Crippen LogP contribution is 2.18. The topological polar surface area (TPSA) is 52.6 Å². The van der Waals surface area contributed by atoms with Gasteiger partial charge in [0.1, 0.15) is 11.7 Å². The van der Waals surface area contributed by atoms with Gasteiger partial charge in [-0.05, 0) is 40.0 Å². The molecule has 0 rings (SSSR count). The predicted molar refractivity (Wildman–Crippen MR) is 149 cm³/mol. The van der Waals surface area contributed by atoms with Crippen molar-refractivity contribution in [2.24, 2.45) is 0 Å². The monoisotopic (exact) mass is 496 g/mol. The molecule has 0 aromatic rings. The van der Waals surface area contributed by atoms with E-state index >= 15 is 0 Å². The van der Waals surface area contributed by atoms with Crippen LogP contribution in [0.25, 0.3) is 0 Å². The van der Waals surface area contributed by atoms with Gasteiger partial charge in [-0.2, -0.15) is 0 Å². The Morgan fingerprint density at radius 2 is 0.971 bits per heavy atom. The van der Waals surface area contributed by atoms with Gasteiger partial charge >= 0.3 is 11.9 Å². The van der Waals surface area contributed by atoms with Crippen molar-refractivity contribution in [2.45, 2.75) is 188 Å². The molecule has 208 valence electrons. The number of esters is 2. The molecule has 0 N–H and O–H groups in total. The Morgan fingerprint density at radius 3 is 1.40 bits per heavy atom. The van der Waals surface area contributed by atoms with E-state index in [1.807, 2.05) is 20.8 Å². The van der Waals surface area contributed by atoms with Gasteiger partial charge in [-0.1, -0.05) is 123 Å². The lowest BCUT2D eigenvalue weighted by atomic mass is 10.0. The first-order valence-corrected chi connectivity index (χ1v) is 15.2. The SMILES string of the molecule is CCCCCCCCCCCCCC(=O)OC(CCCCCCCCCC)CC(=O)OC(C)(C)C. The number of rotatable bonds is 24. The fourth-order valence-corrected chi connectivity index (χ4v) is 4.46. The van der Waals surface area contributed by atoms with Gasteiger partial charge in [0.15, 0.2) is 0 Å². The smallest absolute Gasteiger partial charge is 0.310 e. The zero-order valence-electron chi connectivity index (χ0n) is 24.3. The highest BCUT2D eigenvalue weighted by Gasteiger charge is 2.23. The molecule has 0 aromatic carbocycles. The third-order valence-electron chi connectivity index (χ3n) is 6.48. The average Bonchev–Trinajstić information content (AvgIpc) is 2.77. The van der Waals surface area contributed by atoms with E-state index in [1.165, 1.54) is 96.3 Å². The molecule has 0 aliphatic carbocycles. The first-order valence-electron chi connectivity index (χ1n) is 15.2. The quantitative estimate of drug-likeness (QED) is 0.0985. The van der Waals surface area contributed by atoms with E-state index in [0.29, 0.717) is 6.42 Å². The van der Waals surface area contributed by atoms with Gasteiger partial charge in [-0.25, -0.2) is 0 Å². The van der Waals surface area contributed by atoms with Crippen LogP contribution in [0.15, 0.2) is 0 Å². The molecule has 0 bridgehead atoms. The molecule has 1 atom stereocenters. The Bertz CT molecular complexity index is 495. The molecule has 0 spiro atoms. The summed E-state index contributed by atoms with van der Waals surface area (Å²) in [6, 6.07) is 0. The first kappa shape index (κ1) is 33.9. The molecule has 0 heterocycles. The third-order valence-corrected chi connectivity index (χ3v) is 6.48. The molecule has 4 nitrogen and oxygen atoms in total. The Hall–Kier alpha value is -1.06. The van der Waals surface area contributed by atoms with Crippen LogP contribution in [0.1, 0.15) is 176 Å². The van der Waals surface area contributed by atoms with E-state index in [2.05, 4.69) is 13.8 Å². The fourth-order valence-electron chi connectivity index (χ4n) is 4.46. The Balaban J connectivity index is 4.12. The second-order valence-corrected chi connectivity index (χ2v) is 11.5. The normalized spacial score (nSPS) is 12.5. The number of ether oxygens (including phenoxy) is 2. The van der Waals surface area contributed by atoms with Crippen molar-refractivity contribution in [2.75, 3.05) is 0 Å². The summed E-state index contributed by atoms with van der Waals surface area (Å²) >= 11 is 0. The van der Waals surface area contributed by atoms with Crippen LogP contribution < -0.4 is 0 Å². The summed E-state index contributed by atoms with van der Waals surface area (Å²) < 4.78 is 11.2. The highest BCUT2D eigenvalue weighted by molar-refractivity contribution is 5.72. The fraction of sp³-hybridized carbons (Fsp3) is 0.935. The van der Waals surface area contributed by atoms with E-state index in [0.717, 1.165) is 32.1 Å². The van der Waals surface area contributed by atoms with Crippen LogP contribution in [0.5, 0.6) is 0 Å². The Labute approximate surface area is 218 Å². The van der Waals surface area contributed by atoms with Crippen LogP contribution in [0.4, 0.5) is 0 Å². The van der Waals surface area contributed by atoms with Crippen LogP contribution in [0.3, 0.4) is 0 Å². The molecular formula is C31H60O4. The molecule has 0 aliphatic heterocycles. The number of carbonyl (C=O) groups is 2. The molecule has 0 radical (unpaired) electrons. The van der Waals surface area contributed by atoms with E-state index in [-0.39, 0.29) is 24.5 Å². The van der Waals surface area contributed by atoms with Crippen molar-refractivity contribution in [3.8, 4) is 0 Å². The standard InChI is InChI=1S/C31H60O4/c1-6-8-10-12-14-16-17-18-20-22-24-26-29(32)34-28(27-30(33)35-31(3,4)5)25-23-21-19-15-13-11-9-7-2/h28H,6-27H2,1-5H3. The van der Waals surface area contributed by atoms with Gasteiger partial charge in [0.05, 0.1) is 6.42 Å². The molecule has 35 heavy (non-hydrogen) atoms. The summed E-state index contributed by atoms with van der Waals surface area (Å²) in [5.74, 6) is -0.432. The van der Waals surface area contributed by atoms with Crippen LogP contribution in [0.2, 0.25) is 0 Å². The lowest BCUT2D eigenvalue weighted by molar-refractivity contribution is -0.161. The van der Waals surface area contributed by atoms with E-state index in [9.17, 15) is 9.59 Å². The molecule has 0 aromatic heterocycles. The van der Waals surface area contributed by atoms with E-state index in [4.69, 9.17) is 9.47 Å². The van der Waals surface area contributed by atoms with Crippen LogP contribution >= 0.6 is 0 Å². The van der Waals surface area contributed by atoms with Crippen LogP contribution in [-0.2, 0) is 19.1 Å². The van der Waals surface area contributed by atoms with Gasteiger partial charge in [0, 0.05) is 6.42 Å². The van der Waals surface area contributed by atoms with E-state index in [1.54, 1.807) is 0 Å². The lowest BCUT2D eigenvalue weighted by Crippen LogP contribution is -2.28. The largest absolute Gasteiger partial charge is 0.462 e. The maximum atomic E-state index is 12.4. The number of hydrogen-bond acceptors (Lipinski definition) is 4. The van der Waals surface area contributed by atoms with Crippen molar-refractivity contribution < 1.29 is 19.1 Å². The maximum Gasteiger partial charge on any atom is 0.310 e. The van der Waals surface area contributed by atoms with Gasteiger partial charge in [-0.15, -0.1) is 0 Å². The number of hydrogen-bond donors (Lipinski definition) is 0. The third kappa shape index (κ3) is 25.8. The minimum Gasteiger partial charge on any atom is -0.462 e. The van der Waals surface area contributed by atoms with Gasteiger partial charge in [0.2, 0.25) is 0 Å². The number of carbonyl (C=O) groups excluding carboxylic acids is 2. The van der Waals surface area contributed by atoms with Gasteiger partial charge in [0.25, 0.3) is 0 Å². The zero-order valence-corrected chi connectivity index (χ0v) is 24.3. The zero-order chi connectivity index (χ0) is 26.2. The summed E-state index contributed by atoms with van der Waals surface area (Å²) in [5, 5.41) is 0. The maximum absolute atomic E-state index is 12.4. The van der Waals surface area contributed by atoms with Crippen LogP contribution in [0, 0.1) is 0 Å². The molecular weight excluding hydrogens is 436 g/mol. The van der Waals surface area contributed by atoms with Crippen molar-refractivity contribution >= 4 is 11.9 Å². The highest BCUT2D eigenvalue weighted by atomic mass is 16.6. The summed E-state index contributed by atoms with van der Waals surface area (Å²) in [6.45, 7) is 10.1. The Kier molecular flexibility index (Phi) is 22.6. The van der Waals surface area contributed by atoms with Crippen LogP contribution in [-0.4, -0.2) is 23.6 Å². The van der Waals surface area contributed by atoms with Crippen molar-refractivity contribution in [3.63, 3.8) is 0 Å². The molecule has 0 amide bonds. The van der Waals surface area contributed by atoms with E-state index < -0.39 is 5.60 Å². The molecule has 0 saturated heterocycles. The Morgan fingerprint density at radius 1 is 0.571 bits per heavy atom.